The molecule has 2 aromatic heterocycles. The van der Waals surface area contributed by atoms with Gasteiger partial charge in [0.25, 0.3) is 0 Å². The van der Waals surface area contributed by atoms with Gasteiger partial charge in [-0.3, -0.25) is 9.67 Å². The minimum atomic E-state index is -1.10. The van der Waals surface area contributed by atoms with Crippen molar-refractivity contribution in [3.8, 4) is 17.3 Å². The van der Waals surface area contributed by atoms with E-state index >= 15 is 0 Å². The van der Waals surface area contributed by atoms with Crippen molar-refractivity contribution in [1.29, 1.82) is 5.26 Å². The van der Waals surface area contributed by atoms with Gasteiger partial charge in [0.2, 0.25) is 0 Å². The SMILES string of the molecule is CCCCCC(CC#N)n1cc(-c2ncnc3c2N=CC3COCC[Si](C)(C)C)cn1. The van der Waals surface area contributed by atoms with Crippen LogP contribution in [0.5, 0.6) is 0 Å². The van der Waals surface area contributed by atoms with Gasteiger partial charge in [0.15, 0.2) is 0 Å². The van der Waals surface area contributed by atoms with E-state index in [1.165, 1.54) is 6.42 Å². The van der Waals surface area contributed by atoms with Crippen LogP contribution >= 0.6 is 0 Å². The van der Waals surface area contributed by atoms with Crippen molar-refractivity contribution in [1.82, 2.24) is 19.7 Å². The van der Waals surface area contributed by atoms with E-state index in [1.54, 1.807) is 6.33 Å². The van der Waals surface area contributed by atoms with Crippen molar-refractivity contribution in [2.24, 2.45) is 4.99 Å². The first kappa shape index (κ1) is 23.3. The van der Waals surface area contributed by atoms with Crippen LogP contribution in [0.3, 0.4) is 0 Å². The van der Waals surface area contributed by atoms with Gasteiger partial charge in [-0.1, -0.05) is 45.8 Å². The molecule has 0 aromatic carbocycles. The number of rotatable bonds is 12. The van der Waals surface area contributed by atoms with Gasteiger partial charge in [-0.15, -0.1) is 0 Å². The van der Waals surface area contributed by atoms with Crippen LogP contribution in [0.1, 0.15) is 56.7 Å². The van der Waals surface area contributed by atoms with E-state index in [4.69, 9.17) is 4.74 Å². The Bertz CT molecular complexity index is 927. The second-order valence-electron chi connectivity index (χ2n) is 9.45. The molecule has 0 bridgehead atoms. The fourth-order valence-electron chi connectivity index (χ4n) is 3.67. The van der Waals surface area contributed by atoms with E-state index in [1.807, 2.05) is 23.3 Å². The van der Waals surface area contributed by atoms with Gasteiger partial charge >= 0.3 is 0 Å². The molecule has 0 N–H and O–H groups in total. The highest BCUT2D eigenvalue weighted by molar-refractivity contribution is 6.76. The molecule has 0 saturated carbocycles. The maximum absolute atomic E-state index is 9.23. The lowest BCUT2D eigenvalue weighted by Crippen LogP contribution is -2.22. The van der Waals surface area contributed by atoms with Crippen LogP contribution in [0.15, 0.2) is 23.7 Å². The maximum Gasteiger partial charge on any atom is 0.116 e. The van der Waals surface area contributed by atoms with Gasteiger partial charge in [-0.25, -0.2) is 9.97 Å². The average Bonchev–Trinajstić information content (AvgIpc) is 3.37. The molecule has 1 aliphatic rings. The standard InChI is InChI=1S/C23H34N6OSi/c1-5-6-7-8-20(9-10-24)29-15-18(14-28-29)21-23-22(27-17-26-21)19(13-25-23)16-30-11-12-31(2,3)4/h13-15,17,19-20H,5-9,11-12,16H2,1-4H3. The lowest BCUT2D eigenvalue weighted by Gasteiger charge is -2.16. The molecule has 0 amide bonds. The minimum Gasteiger partial charge on any atom is -0.381 e. The second-order valence-corrected chi connectivity index (χ2v) is 15.1. The molecule has 1 aliphatic heterocycles. The Labute approximate surface area is 186 Å². The number of aliphatic imine (C=N–C) groups is 1. The van der Waals surface area contributed by atoms with Gasteiger partial charge in [0.1, 0.15) is 17.7 Å². The molecule has 2 aromatic rings. The minimum absolute atomic E-state index is 0.0637. The molecule has 0 saturated heterocycles. The molecule has 31 heavy (non-hydrogen) atoms. The maximum atomic E-state index is 9.23. The summed E-state index contributed by atoms with van der Waals surface area (Å²) in [4.78, 5) is 13.6. The molecule has 0 aliphatic carbocycles. The Morgan fingerprint density at radius 3 is 2.84 bits per heavy atom. The van der Waals surface area contributed by atoms with Crippen molar-refractivity contribution in [2.75, 3.05) is 13.2 Å². The summed E-state index contributed by atoms with van der Waals surface area (Å²) in [7, 11) is -1.10. The summed E-state index contributed by atoms with van der Waals surface area (Å²) < 4.78 is 7.86. The Hall–Kier alpha value is -2.37. The van der Waals surface area contributed by atoms with Crippen LogP contribution in [0, 0.1) is 11.3 Å². The molecule has 0 spiro atoms. The fraction of sp³-hybridized carbons (Fsp3) is 0.609. The number of nitriles is 1. The highest BCUT2D eigenvalue weighted by atomic mass is 28.3. The van der Waals surface area contributed by atoms with E-state index in [-0.39, 0.29) is 12.0 Å². The van der Waals surface area contributed by atoms with Crippen LogP contribution in [-0.4, -0.2) is 47.3 Å². The zero-order chi connectivity index (χ0) is 22.3. The molecule has 3 heterocycles. The number of fused-ring (bicyclic) bond motifs is 1. The third-order valence-corrected chi connectivity index (χ3v) is 7.30. The van der Waals surface area contributed by atoms with Crippen LogP contribution < -0.4 is 0 Å². The molecule has 0 radical (unpaired) electrons. The van der Waals surface area contributed by atoms with Crippen molar-refractivity contribution in [2.45, 2.75) is 76.7 Å². The first-order chi connectivity index (χ1) is 14.9. The van der Waals surface area contributed by atoms with E-state index < -0.39 is 8.07 Å². The summed E-state index contributed by atoms with van der Waals surface area (Å²) in [5.41, 5.74) is 3.43. The number of unbranched alkanes of at least 4 members (excludes halogenated alkanes) is 2. The van der Waals surface area contributed by atoms with E-state index in [2.05, 4.69) is 52.7 Å². The second kappa shape index (κ2) is 10.8. The van der Waals surface area contributed by atoms with Gasteiger partial charge in [-0.05, 0) is 12.5 Å². The zero-order valence-corrected chi connectivity index (χ0v) is 20.2. The third-order valence-electron chi connectivity index (χ3n) is 5.60. The van der Waals surface area contributed by atoms with Crippen LogP contribution in [0.25, 0.3) is 11.3 Å². The number of ether oxygens (including phenoxy) is 1. The van der Waals surface area contributed by atoms with E-state index in [0.29, 0.717) is 13.0 Å². The average molecular weight is 439 g/mol. The number of nitrogens with zero attached hydrogens (tertiary/aromatic N) is 6. The molecule has 2 atom stereocenters. The Morgan fingerprint density at radius 1 is 1.26 bits per heavy atom. The molecule has 166 valence electrons. The fourth-order valence-corrected chi connectivity index (χ4v) is 4.43. The van der Waals surface area contributed by atoms with Crippen LogP contribution in [-0.2, 0) is 4.74 Å². The Kier molecular flexibility index (Phi) is 8.10. The molecular weight excluding hydrogens is 404 g/mol. The molecule has 3 rings (SSSR count). The van der Waals surface area contributed by atoms with Gasteiger partial charge in [0, 0.05) is 32.7 Å². The summed E-state index contributed by atoms with van der Waals surface area (Å²) in [6, 6.07) is 3.55. The first-order valence-electron chi connectivity index (χ1n) is 11.3. The highest BCUT2D eigenvalue weighted by Gasteiger charge is 2.26. The molecule has 7 nitrogen and oxygen atoms in total. The first-order valence-corrected chi connectivity index (χ1v) is 15.0. The van der Waals surface area contributed by atoms with Crippen molar-refractivity contribution in [3.63, 3.8) is 0 Å². The number of aromatic nitrogens is 4. The molecule has 8 heteroatoms. The predicted molar refractivity (Wildman–Crippen MR) is 127 cm³/mol. The molecule has 0 fully saturated rings. The largest absolute Gasteiger partial charge is 0.381 e. The van der Waals surface area contributed by atoms with Gasteiger partial charge < -0.3 is 4.74 Å². The van der Waals surface area contributed by atoms with E-state index in [9.17, 15) is 5.26 Å². The summed E-state index contributed by atoms with van der Waals surface area (Å²) in [6.07, 6.45) is 12.2. The van der Waals surface area contributed by atoms with Crippen LogP contribution in [0.2, 0.25) is 25.7 Å². The number of hydrogen-bond donors (Lipinski definition) is 0. The third kappa shape index (κ3) is 6.31. The molecular formula is C23H34N6OSi. The smallest absolute Gasteiger partial charge is 0.116 e. The van der Waals surface area contributed by atoms with E-state index in [0.717, 1.165) is 54.6 Å². The molecule has 2 unspecified atom stereocenters. The van der Waals surface area contributed by atoms with Crippen molar-refractivity contribution in [3.05, 3.63) is 24.4 Å². The van der Waals surface area contributed by atoms with Crippen molar-refractivity contribution >= 4 is 20.0 Å². The quantitative estimate of drug-likeness (QED) is 0.321. The topological polar surface area (TPSA) is 89.0 Å². The monoisotopic (exact) mass is 438 g/mol. The Morgan fingerprint density at radius 2 is 2.10 bits per heavy atom. The summed E-state index contributed by atoms with van der Waals surface area (Å²) in [6.45, 7) is 10.6. The van der Waals surface area contributed by atoms with Crippen LogP contribution in [0.4, 0.5) is 5.69 Å². The van der Waals surface area contributed by atoms with Gasteiger partial charge in [-0.2, -0.15) is 10.4 Å². The highest BCUT2D eigenvalue weighted by Crippen LogP contribution is 2.38. The Balaban J connectivity index is 1.71. The zero-order valence-electron chi connectivity index (χ0n) is 19.2. The van der Waals surface area contributed by atoms with Gasteiger partial charge in [0.05, 0.1) is 42.9 Å². The lowest BCUT2D eigenvalue weighted by atomic mass is 10.1. The summed E-state index contributed by atoms with van der Waals surface area (Å²) >= 11 is 0. The lowest BCUT2D eigenvalue weighted by molar-refractivity contribution is 0.145. The summed E-state index contributed by atoms with van der Waals surface area (Å²) in [5.74, 6) is 0.0637. The van der Waals surface area contributed by atoms with Crippen molar-refractivity contribution < 1.29 is 4.74 Å². The summed E-state index contributed by atoms with van der Waals surface area (Å²) in [5, 5.41) is 13.8. The normalized spacial score (nSPS) is 16.3. The number of hydrogen-bond acceptors (Lipinski definition) is 6. The predicted octanol–water partition coefficient (Wildman–Crippen LogP) is 5.53.